The molecule has 1 saturated heterocycles. The smallest absolute Gasteiger partial charge is 0.213 e. The third-order valence-corrected chi connectivity index (χ3v) is 10.2. The van der Waals surface area contributed by atoms with Crippen LogP contribution in [0.15, 0.2) is 30.9 Å². The lowest BCUT2D eigenvalue weighted by Gasteiger charge is -2.47. The van der Waals surface area contributed by atoms with Crippen molar-refractivity contribution in [3.8, 4) is 17.2 Å². The average molecular weight is 535 g/mol. The van der Waals surface area contributed by atoms with Gasteiger partial charge in [-0.3, -0.25) is 4.68 Å². The van der Waals surface area contributed by atoms with Gasteiger partial charge in [-0.15, -0.1) is 0 Å². The molecular weight excluding hydrogens is 504 g/mol. The molecule has 0 bridgehead atoms. The minimum Gasteiger partial charge on any atom is -0.361 e. The molecule has 0 spiro atoms. The Kier molecular flexibility index (Phi) is 7.14. The van der Waals surface area contributed by atoms with Crippen molar-refractivity contribution in [3.05, 3.63) is 35.9 Å². The van der Waals surface area contributed by atoms with E-state index in [-0.39, 0.29) is 25.3 Å². The monoisotopic (exact) mass is 534 g/mol. The largest absolute Gasteiger partial charge is 0.361 e. The van der Waals surface area contributed by atoms with Crippen LogP contribution in [-0.4, -0.2) is 65.6 Å². The van der Waals surface area contributed by atoms with Gasteiger partial charge in [0, 0.05) is 62.9 Å². The molecule has 4 rings (SSSR count). The Bertz CT molecular complexity index is 1370. The van der Waals surface area contributed by atoms with E-state index in [0.29, 0.717) is 18.4 Å². The van der Waals surface area contributed by atoms with Crippen LogP contribution in [0.2, 0.25) is 30.7 Å². The molecule has 0 N–H and O–H groups in total. The van der Waals surface area contributed by atoms with Gasteiger partial charge in [0.2, 0.25) is 10.0 Å². The first-order valence-electron chi connectivity index (χ1n) is 11.6. The van der Waals surface area contributed by atoms with E-state index in [1.54, 1.807) is 24.0 Å². The Labute approximate surface area is 212 Å². The number of ether oxygens (including phenoxy) is 1. The molecule has 188 valence electrons. The number of halogens is 1. The van der Waals surface area contributed by atoms with E-state index in [2.05, 4.69) is 35.8 Å². The van der Waals surface area contributed by atoms with Crippen LogP contribution in [0.4, 0.5) is 0 Å². The van der Waals surface area contributed by atoms with E-state index in [4.69, 9.17) is 16.3 Å². The molecule has 9 nitrogen and oxygen atoms in total. The molecule has 1 aliphatic rings. The summed E-state index contributed by atoms with van der Waals surface area (Å²) in [6.07, 6.45) is 7.27. The van der Waals surface area contributed by atoms with Crippen molar-refractivity contribution in [1.29, 1.82) is 5.26 Å². The molecule has 35 heavy (non-hydrogen) atoms. The molecule has 0 radical (unpaired) electrons. The van der Waals surface area contributed by atoms with Crippen molar-refractivity contribution in [2.45, 2.75) is 51.3 Å². The summed E-state index contributed by atoms with van der Waals surface area (Å²) >= 11 is 6.58. The third kappa shape index (κ3) is 5.17. The van der Waals surface area contributed by atoms with Crippen LogP contribution in [0.3, 0.4) is 0 Å². The fourth-order valence-electron chi connectivity index (χ4n) is 4.24. The van der Waals surface area contributed by atoms with Crippen LogP contribution < -0.4 is 0 Å². The van der Waals surface area contributed by atoms with Crippen molar-refractivity contribution < 1.29 is 13.2 Å². The van der Waals surface area contributed by atoms with Gasteiger partial charge in [0.25, 0.3) is 0 Å². The summed E-state index contributed by atoms with van der Waals surface area (Å²) in [5.74, 6) is 0.0312. The lowest BCUT2D eigenvalue weighted by atomic mass is 9.89. The molecular formula is C23H31ClN6O3SSi. The van der Waals surface area contributed by atoms with E-state index in [1.165, 1.54) is 4.31 Å². The van der Waals surface area contributed by atoms with Crippen molar-refractivity contribution in [2.24, 2.45) is 0 Å². The van der Waals surface area contributed by atoms with Crippen molar-refractivity contribution in [2.75, 3.05) is 25.4 Å². The van der Waals surface area contributed by atoms with E-state index < -0.39 is 23.6 Å². The predicted octanol–water partition coefficient (Wildman–Crippen LogP) is 4.14. The zero-order valence-corrected chi connectivity index (χ0v) is 23.1. The third-order valence-electron chi connectivity index (χ3n) is 6.43. The summed E-state index contributed by atoms with van der Waals surface area (Å²) in [7, 11) is -4.48. The van der Waals surface area contributed by atoms with Gasteiger partial charge in [0.15, 0.2) is 0 Å². The van der Waals surface area contributed by atoms with Crippen molar-refractivity contribution >= 4 is 40.7 Å². The topological polar surface area (TPSA) is 106 Å². The number of hydrogen-bond acceptors (Lipinski definition) is 6. The fraction of sp³-hybridized carbons (Fsp3) is 0.522. The van der Waals surface area contributed by atoms with Crippen LogP contribution in [0.1, 0.15) is 13.3 Å². The molecule has 0 aliphatic carbocycles. The van der Waals surface area contributed by atoms with Gasteiger partial charge in [0.05, 0.1) is 29.5 Å². The summed E-state index contributed by atoms with van der Waals surface area (Å²) in [5.41, 5.74) is 1.66. The van der Waals surface area contributed by atoms with E-state index in [0.717, 1.165) is 28.2 Å². The standard InChI is InChI=1S/C23H31ClN6O3SSi/c1-5-34(31,32)29-15-23(16-29,7-8-25)30-14-18(12-27-30)21-19-6-9-28(22(19)26-13-20(21)24)17-33-10-11-35(2,3)4/h6,9,12-14H,5,7,10-11,15-17H2,1-4H3. The number of pyridine rings is 1. The normalized spacial score (nSPS) is 16.3. The summed E-state index contributed by atoms with van der Waals surface area (Å²) in [6.45, 7) is 10.2. The van der Waals surface area contributed by atoms with Gasteiger partial charge in [-0.1, -0.05) is 31.2 Å². The maximum Gasteiger partial charge on any atom is 0.213 e. The minimum atomic E-state index is -3.31. The number of nitrogens with zero attached hydrogens (tertiary/aromatic N) is 6. The first-order chi connectivity index (χ1) is 16.5. The average Bonchev–Trinajstić information content (AvgIpc) is 3.40. The van der Waals surface area contributed by atoms with Crippen LogP contribution in [0, 0.1) is 11.3 Å². The van der Waals surface area contributed by atoms with Crippen LogP contribution >= 0.6 is 11.6 Å². The van der Waals surface area contributed by atoms with E-state index >= 15 is 0 Å². The summed E-state index contributed by atoms with van der Waals surface area (Å²) in [4.78, 5) is 4.53. The summed E-state index contributed by atoms with van der Waals surface area (Å²) in [6, 6.07) is 5.25. The molecule has 1 aliphatic heterocycles. The van der Waals surface area contributed by atoms with Crippen molar-refractivity contribution in [3.63, 3.8) is 0 Å². The van der Waals surface area contributed by atoms with Crippen LogP contribution in [0.25, 0.3) is 22.2 Å². The lowest BCUT2D eigenvalue weighted by Crippen LogP contribution is -2.64. The Hall–Kier alpha value is -2.23. The van der Waals surface area contributed by atoms with Gasteiger partial charge >= 0.3 is 0 Å². The Balaban J connectivity index is 1.60. The number of hydrogen-bond donors (Lipinski definition) is 0. The second kappa shape index (κ2) is 9.67. The van der Waals surface area contributed by atoms with E-state index in [9.17, 15) is 13.7 Å². The minimum absolute atomic E-state index is 0.0312. The number of rotatable bonds is 10. The van der Waals surface area contributed by atoms with Gasteiger partial charge in [-0.25, -0.2) is 13.4 Å². The van der Waals surface area contributed by atoms with Gasteiger partial charge < -0.3 is 9.30 Å². The molecule has 0 amide bonds. The Morgan fingerprint density at radius 3 is 2.69 bits per heavy atom. The molecule has 4 heterocycles. The number of sulfonamides is 1. The number of fused-ring (bicyclic) bond motifs is 1. The van der Waals surface area contributed by atoms with Gasteiger partial charge in [-0.2, -0.15) is 14.7 Å². The molecule has 3 aromatic heterocycles. The van der Waals surface area contributed by atoms with E-state index in [1.807, 2.05) is 23.0 Å². The lowest BCUT2D eigenvalue weighted by molar-refractivity contribution is 0.0719. The first kappa shape index (κ1) is 25.8. The summed E-state index contributed by atoms with van der Waals surface area (Å²) < 4.78 is 35.5. The maximum absolute atomic E-state index is 12.2. The van der Waals surface area contributed by atoms with Gasteiger partial charge in [0.1, 0.15) is 17.9 Å². The number of aromatic nitrogens is 4. The summed E-state index contributed by atoms with van der Waals surface area (Å²) in [5, 5.41) is 15.3. The molecule has 0 unspecified atom stereocenters. The highest BCUT2D eigenvalue weighted by atomic mass is 35.5. The molecule has 1 fully saturated rings. The first-order valence-corrected chi connectivity index (χ1v) is 17.3. The number of nitriles is 1. The highest BCUT2D eigenvalue weighted by Gasteiger charge is 2.49. The van der Waals surface area contributed by atoms with Crippen molar-refractivity contribution in [1.82, 2.24) is 23.6 Å². The molecule has 12 heteroatoms. The molecule has 0 saturated carbocycles. The maximum atomic E-state index is 12.2. The second-order valence-electron chi connectivity index (χ2n) is 10.3. The SMILES string of the molecule is CCS(=O)(=O)N1CC(CC#N)(n2cc(-c3c(Cl)cnc4c3ccn4COCC[Si](C)(C)C)cn2)C1. The Morgan fingerprint density at radius 1 is 1.29 bits per heavy atom. The van der Waals surface area contributed by atoms with Crippen LogP contribution in [0.5, 0.6) is 0 Å². The molecule has 0 atom stereocenters. The molecule has 3 aromatic rings. The highest BCUT2D eigenvalue weighted by molar-refractivity contribution is 7.89. The quantitative estimate of drug-likeness (QED) is 0.286. The zero-order chi connectivity index (χ0) is 25.4. The zero-order valence-electron chi connectivity index (χ0n) is 20.5. The van der Waals surface area contributed by atoms with Gasteiger partial charge in [-0.05, 0) is 19.0 Å². The fourth-order valence-corrected chi connectivity index (χ4v) is 6.49. The van der Waals surface area contributed by atoms with Crippen LogP contribution in [-0.2, 0) is 27.0 Å². The highest BCUT2D eigenvalue weighted by Crippen LogP contribution is 2.38. The second-order valence-corrected chi connectivity index (χ2v) is 18.5. The predicted molar refractivity (Wildman–Crippen MR) is 139 cm³/mol. The Morgan fingerprint density at radius 2 is 2.03 bits per heavy atom. The molecule has 0 aromatic carbocycles.